The Morgan fingerprint density at radius 1 is 0.781 bits per heavy atom. The van der Waals surface area contributed by atoms with E-state index in [0.29, 0.717) is 11.3 Å². The summed E-state index contributed by atoms with van der Waals surface area (Å²) in [5.74, 6) is 1.04. The quantitative estimate of drug-likeness (QED) is 0.178. The van der Waals surface area contributed by atoms with Crippen molar-refractivity contribution >= 4 is 45.4 Å². The van der Waals surface area contributed by atoms with E-state index >= 15 is 0 Å². The molecule has 0 aliphatic rings. The minimum absolute atomic E-state index is 0.181. The Balaban J connectivity index is 0.00000114. The average molecular weight is 526 g/mol. The van der Waals surface area contributed by atoms with Crippen LogP contribution in [0.15, 0.2) is 89.9 Å². The number of para-hydroxylation sites is 2. The van der Waals surface area contributed by atoms with Gasteiger partial charge in [-0.3, -0.25) is 0 Å². The normalized spacial score (nSPS) is 11.5. The molecule has 0 aliphatic heterocycles. The monoisotopic (exact) mass is 525 g/mol. The maximum atomic E-state index is 5.19. The zero-order valence-corrected chi connectivity index (χ0v) is 23.1. The van der Waals surface area contributed by atoms with Crippen molar-refractivity contribution in [1.29, 1.82) is 0 Å². The zero-order chi connectivity index (χ0) is 23.5. The third-order valence-electron chi connectivity index (χ3n) is 4.97. The van der Waals surface area contributed by atoms with Crippen molar-refractivity contribution in [1.82, 2.24) is 0 Å². The van der Waals surface area contributed by atoms with Gasteiger partial charge in [0.05, 0.1) is 22.7 Å². The summed E-state index contributed by atoms with van der Waals surface area (Å²) in [5, 5.41) is 0. The molecule has 6 heteroatoms. The molecule has 0 N–H and O–H groups in total. The van der Waals surface area contributed by atoms with Crippen molar-refractivity contribution in [3.05, 3.63) is 96.1 Å². The molecule has 170 valence electrons. The summed E-state index contributed by atoms with van der Waals surface area (Å²) in [4.78, 5) is 5.19. The van der Waals surface area contributed by atoms with Crippen LogP contribution in [0, 0.1) is 6.92 Å². The summed E-state index contributed by atoms with van der Waals surface area (Å²) in [6.45, 7) is 11.5. The second-order valence-electron chi connectivity index (χ2n) is 8.10. The van der Waals surface area contributed by atoms with Crippen LogP contribution >= 0.6 is 28.2 Å². The van der Waals surface area contributed by atoms with Gasteiger partial charge in [0.2, 0.25) is 0 Å². The number of aliphatic imine (C=N–C) groups is 1. The molecule has 0 saturated carbocycles. The number of anilines is 1. The molecule has 0 fully saturated rings. The van der Waals surface area contributed by atoms with Gasteiger partial charge in [0.1, 0.15) is 8.07 Å². The molecule has 32 heavy (non-hydrogen) atoms. The van der Waals surface area contributed by atoms with Crippen LogP contribution in [-0.4, -0.2) is 17.2 Å². The number of amidine groups is 1. The predicted molar refractivity (Wildman–Crippen MR) is 143 cm³/mol. The Morgan fingerprint density at radius 2 is 1.25 bits per heavy atom. The van der Waals surface area contributed by atoms with Crippen LogP contribution in [0.5, 0.6) is 0 Å². The SMILES string of the molecule is Cc1ccc(C(=Nc2ccccc2)N(c2ccccc2)[PH+](C(C)C)C(C)C)cc1.[Cl][Cr][Cl]. The predicted octanol–water partition coefficient (Wildman–Crippen LogP) is 8.90. The van der Waals surface area contributed by atoms with Gasteiger partial charge >= 0.3 is 33.5 Å². The van der Waals surface area contributed by atoms with E-state index in [4.69, 9.17) is 25.1 Å². The average Bonchev–Trinajstić information content (AvgIpc) is 2.78. The molecule has 0 aromatic heterocycles. The standard InChI is InChI=1S/C26H31N2P.2ClH.Cr/c1-20(2)29(21(3)4)28(25-14-10-7-11-15-25)26(23-18-16-22(5)17-19-23)27-24-12-8-6-9-13-24;;;/h6-21H,1-5H3;2*1H;/q;;;+2/p-1. The topological polar surface area (TPSA) is 15.6 Å². The van der Waals surface area contributed by atoms with E-state index in [1.54, 1.807) is 0 Å². The number of rotatable bonds is 6. The second kappa shape index (κ2) is 14.0. The second-order valence-corrected chi connectivity index (χ2v) is 13.8. The minimum atomic E-state index is -0.942. The number of benzene rings is 3. The van der Waals surface area contributed by atoms with Gasteiger partial charge in [0.15, 0.2) is 5.84 Å². The van der Waals surface area contributed by atoms with Gasteiger partial charge in [0.25, 0.3) is 0 Å². The zero-order valence-electron chi connectivity index (χ0n) is 19.3. The first-order valence-corrected chi connectivity index (χ1v) is 15.8. The van der Waals surface area contributed by atoms with Gasteiger partial charge in [0, 0.05) is 5.56 Å². The van der Waals surface area contributed by atoms with E-state index < -0.39 is 8.07 Å². The molecule has 0 radical (unpaired) electrons. The first-order valence-electron chi connectivity index (χ1n) is 10.7. The third kappa shape index (κ3) is 7.91. The number of hydrogen-bond acceptors (Lipinski definition) is 1. The molecular weight excluding hydrogens is 494 g/mol. The molecule has 0 unspecified atom stereocenters. The van der Waals surface area contributed by atoms with Crippen molar-refractivity contribution in [2.75, 3.05) is 4.67 Å². The summed E-state index contributed by atoms with van der Waals surface area (Å²) in [6.07, 6.45) is 0. The van der Waals surface area contributed by atoms with Crippen LogP contribution in [0.3, 0.4) is 0 Å². The van der Waals surface area contributed by atoms with Gasteiger partial charge in [-0.15, -0.1) is 0 Å². The van der Waals surface area contributed by atoms with E-state index in [0.717, 1.165) is 17.1 Å². The third-order valence-corrected chi connectivity index (χ3v) is 8.32. The summed E-state index contributed by atoms with van der Waals surface area (Å²) in [6, 6.07) is 29.8. The van der Waals surface area contributed by atoms with Crippen molar-refractivity contribution in [2.24, 2.45) is 4.99 Å². The Hall–Kier alpha value is -1.33. The Morgan fingerprint density at radius 3 is 1.72 bits per heavy atom. The van der Waals surface area contributed by atoms with Crippen molar-refractivity contribution < 1.29 is 13.4 Å². The Kier molecular flexibility index (Phi) is 11.8. The molecule has 0 spiro atoms. The van der Waals surface area contributed by atoms with Crippen molar-refractivity contribution in [2.45, 2.75) is 45.9 Å². The number of nitrogens with zero attached hydrogens (tertiary/aromatic N) is 2. The summed E-state index contributed by atoms with van der Waals surface area (Å²) in [7, 11) is 8.71. The fraction of sp³-hybridized carbons (Fsp3) is 0.269. The van der Waals surface area contributed by atoms with Gasteiger partial charge < -0.3 is 0 Å². The van der Waals surface area contributed by atoms with Crippen LogP contribution in [0.4, 0.5) is 11.4 Å². The molecule has 0 bridgehead atoms. The number of halogens is 2. The van der Waals surface area contributed by atoms with Crippen LogP contribution in [0.1, 0.15) is 38.8 Å². The van der Waals surface area contributed by atoms with Gasteiger partial charge in [-0.25, -0.2) is 9.66 Å². The number of hydrogen-bond donors (Lipinski definition) is 0. The van der Waals surface area contributed by atoms with E-state index in [2.05, 4.69) is 118 Å². The maximum absolute atomic E-state index is 5.19. The first-order chi connectivity index (χ1) is 15.4. The summed E-state index contributed by atoms with van der Waals surface area (Å²) < 4.78 is 2.54. The molecule has 3 aromatic rings. The molecular formula is C26H32Cl2CrN2P+. The van der Waals surface area contributed by atoms with Crippen LogP contribution in [-0.2, 0) is 13.4 Å². The molecule has 3 rings (SSSR count). The summed E-state index contributed by atoms with van der Waals surface area (Å²) >= 11 is -0.181. The van der Waals surface area contributed by atoms with E-state index in [9.17, 15) is 0 Å². The van der Waals surface area contributed by atoms with E-state index in [1.165, 1.54) is 11.3 Å². The Bertz CT molecular complexity index is 941. The molecule has 0 saturated heterocycles. The fourth-order valence-corrected chi connectivity index (χ4v) is 6.96. The van der Waals surface area contributed by atoms with Crippen molar-refractivity contribution in [3.63, 3.8) is 0 Å². The number of aryl methyl sites for hydroxylation is 1. The Labute approximate surface area is 209 Å². The van der Waals surface area contributed by atoms with Crippen LogP contribution in [0.25, 0.3) is 0 Å². The van der Waals surface area contributed by atoms with Crippen molar-refractivity contribution in [3.8, 4) is 0 Å². The molecule has 0 atom stereocenters. The van der Waals surface area contributed by atoms with E-state index in [1.807, 2.05) is 6.07 Å². The molecule has 2 nitrogen and oxygen atoms in total. The van der Waals surface area contributed by atoms with Crippen LogP contribution in [0.2, 0.25) is 0 Å². The molecule has 0 amide bonds. The van der Waals surface area contributed by atoms with Gasteiger partial charge in [-0.05, 0) is 58.9 Å². The van der Waals surface area contributed by atoms with E-state index in [-0.39, 0.29) is 13.4 Å². The summed E-state index contributed by atoms with van der Waals surface area (Å²) in [5.41, 5.74) is 5.78. The van der Waals surface area contributed by atoms with Gasteiger partial charge in [-0.2, -0.15) is 0 Å². The molecule has 3 aromatic carbocycles. The van der Waals surface area contributed by atoms with Gasteiger partial charge in [-0.1, -0.05) is 66.2 Å². The molecule has 0 heterocycles. The first kappa shape index (κ1) is 26.9. The molecule has 0 aliphatic carbocycles. The fourth-order valence-electron chi connectivity index (χ4n) is 3.72. The van der Waals surface area contributed by atoms with Crippen LogP contribution < -0.4 is 4.67 Å².